The van der Waals surface area contributed by atoms with Crippen molar-refractivity contribution in [1.82, 2.24) is 9.88 Å². The molecule has 0 saturated heterocycles. The molecule has 0 fully saturated rings. The molecular weight excluding hydrogens is 304 g/mol. The summed E-state index contributed by atoms with van der Waals surface area (Å²) in [6.45, 7) is 1.48. The van der Waals surface area contributed by atoms with E-state index in [2.05, 4.69) is 4.98 Å². The molecule has 3 aromatic rings. The number of hydrogen-bond acceptors (Lipinski definition) is 4. The molecule has 0 spiro atoms. The summed E-state index contributed by atoms with van der Waals surface area (Å²) in [5, 5.41) is 0. The van der Waals surface area contributed by atoms with Gasteiger partial charge in [0.15, 0.2) is 5.69 Å². The average molecular weight is 320 g/mol. The molecule has 2 heterocycles. The lowest BCUT2D eigenvalue weighted by Crippen LogP contribution is -2.32. The van der Waals surface area contributed by atoms with E-state index < -0.39 is 0 Å². The third-order valence-electron chi connectivity index (χ3n) is 3.98. The fraction of sp³-hybridized carbons (Fsp3) is 0.158. The second-order valence-electron chi connectivity index (χ2n) is 5.59. The molecule has 5 heteroatoms. The zero-order valence-corrected chi connectivity index (χ0v) is 13.0. The maximum absolute atomic E-state index is 12.8. The average Bonchev–Trinajstić information content (AvgIpc) is 3.02. The molecule has 0 saturated carbocycles. The van der Waals surface area contributed by atoms with E-state index in [0.29, 0.717) is 31.3 Å². The highest BCUT2D eigenvalue weighted by atomic mass is 16.5. The summed E-state index contributed by atoms with van der Waals surface area (Å²) in [7, 11) is 0. The van der Waals surface area contributed by atoms with Crippen LogP contribution in [0.4, 0.5) is 0 Å². The standard InChI is InChI=1S/C19H16N2O3/c22-19(16-13-24-18(20-16)14-6-2-1-3-7-14)21-10-11-23-17-9-5-4-8-15(17)12-21/h1-9,13H,10-12H2. The predicted molar refractivity (Wildman–Crippen MR) is 88.6 cm³/mol. The summed E-state index contributed by atoms with van der Waals surface area (Å²) in [5.41, 5.74) is 2.16. The Morgan fingerprint density at radius 3 is 2.71 bits per heavy atom. The highest BCUT2D eigenvalue weighted by molar-refractivity contribution is 5.92. The van der Waals surface area contributed by atoms with Gasteiger partial charge < -0.3 is 14.1 Å². The van der Waals surface area contributed by atoms with Crippen molar-refractivity contribution in [1.29, 1.82) is 0 Å². The fourth-order valence-corrected chi connectivity index (χ4v) is 2.75. The van der Waals surface area contributed by atoms with Gasteiger partial charge in [0.2, 0.25) is 5.89 Å². The minimum Gasteiger partial charge on any atom is -0.491 e. The van der Waals surface area contributed by atoms with Crippen molar-refractivity contribution in [2.24, 2.45) is 0 Å². The van der Waals surface area contributed by atoms with Gasteiger partial charge in [0.1, 0.15) is 18.6 Å². The molecule has 0 bridgehead atoms. The summed E-state index contributed by atoms with van der Waals surface area (Å²) in [6.07, 6.45) is 1.42. The van der Waals surface area contributed by atoms with Crippen LogP contribution in [0.25, 0.3) is 11.5 Å². The van der Waals surface area contributed by atoms with E-state index in [1.807, 2.05) is 54.6 Å². The van der Waals surface area contributed by atoms with Gasteiger partial charge in [0.25, 0.3) is 5.91 Å². The van der Waals surface area contributed by atoms with Crippen molar-refractivity contribution in [3.63, 3.8) is 0 Å². The van der Waals surface area contributed by atoms with Crippen LogP contribution in [0.2, 0.25) is 0 Å². The Morgan fingerprint density at radius 1 is 1.04 bits per heavy atom. The largest absolute Gasteiger partial charge is 0.491 e. The van der Waals surface area contributed by atoms with Gasteiger partial charge >= 0.3 is 0 Å². The first-order chi connectivity index (χ1) is 11.8. The minimum atomic E-state index is -0.152. The number of nitrogens with zero attached hydrogens (tertiary/aromatic N) is 2. The molecule has 1 aromatic heterocycles. The first-order valence-corrected chi connectivity index (χ1v) is 7.82. The van der Waals surface area contributed by atoms with Gasteiger partial charge in [-0.25, -0.2) is 4.98 Å². The Kier molecular flexibility index (Phi) is 3.75. The van der Waals surface area contributed by atoms with Gasteiger partial charge in [-0.3, -0.25) is 4.79 Å². The van der Waals surface area contributed by atoms with Crippen LogP contribution in [0.1, 0.15) is 16.1 Å². The maximum atomic E-state index is 12.8. The number of ether oxygens (including phenoxy) is 1. The van der Waals surface area contributed by atoms with Crippen LogP contribution < -0.4 is 4.74 Å². The van der Waals surface area contributed by atoms with E-state index in [4.69, 9.17) is 9.15 Å². The normalized spacial score (nSPS) is 13.8. The van der Waals surface area contributed by atoms with Crippen molar-refractivity contribution in [3.05, 3.63) is 72.1 Å². The topological polar surface area (TPSA) is 55.6 Å². The van der Waals surface area contributed by atoms with E-state index in [0.717, 1.165) is 16.9 Å². The van der Waals surface area contributed by atoms with Crippen molar-refractivity contribution in [3.8, 4) is 17.2 Å². The Balaban J connectivity index is 1.57. The number of para-hydroxylation sites is 1. The number of aromatic nitrogens is 1. The van der Waals surface area contributed by atoms with Gasteiger partial charge in [-0.2, -0.15) is 0 Å². The molecule has 1 aliphatic rings. The zero-order chi connectivity index (χ0) is 16.4. The number of carbonyl (C=O) groups excluding carboxylic acids is 1. The van der Waals surface area contributed by atoms with Crippen molar-refractivity contribution >= 4 is 5.91 Å². The minimum absolute atomic E-state index is 0.152. The van der Waals surface area contributed by atoms with Crippen molar-refractivity contribution in [2.75, 3.05) is 13.2 Å². The van der Waals surface area contributed by atoms with E-state index in [1.54, 1.807) is 4.90 Å². The number of hydrogen-bond donors (Lipinski definition) is 0. The summed E-state index contributed by atoms with van der Waals surface area (Å²) < 4.78 is 11.2. The van der Waals surface area contributed by atoms with Gasteiger partial charge in [-0.1, -0.05) is 36.4 Å². The first-order valence-electron chi connectivity index (χ1n) is 7.82. The van der Waals surface area contributed by atoms with Crippen LogP contribution in [0.15, 0.2) is 65.3 Å². The molecule has 5 nitrogen and oxygen atoms in total. The van der Waals surface area contributed by atoms with Gasteiger partial charge in [-0.15, -0.1) is 0 Å². The predicted octanol–water partition coefficient (Wildman–Crippen LogP) is 3.38. The Labute approximate surface area is 139 Å². The van der Waals surface area contributed by atoms with Crippen LogP contribution >= 0.6 is 0 Å². The lowest BCUT2D eigenvalue weighted by Gasteiger charge is -2.18. The quantitative estimate of drug-likeness (QED) is 0.726. The van der Waals surface area contributed by atoms with E-state index in [-0.39, 0.29) is 5.91 Å². The highest BCUT2D eigenvalue weighted by Crippen LogP contribution is 2.24. The summed E-state index contributed by atoms with van der Waals surface area (Å²) in [6, 6.07) is 17.3. The number of carbonyl (C=O) groups is 1. The van der Waals surface area contributed by atoms with Gasteiger partial charge in [0.05, 0.1) is 6.54 Å². The Hall–Kier alpha value is -3.08. The molecule has 24 heavy (non-hydrogen) atoms. The molecule has 0 radical (unpaired) electrons. The van der Waals surface area contributed by atoms with Crippen LogP contribution in [0, 0.1) is 0 Å². The van der Waals surface area contributed by atoms with Crippen LogP contribution in [0.5, 0.6) is 5.75 Å². The summed E-state index contributed by atoms with van der Waals surface area (Å²) in [5.74, 6) is 1.13. The molecule has 0 unspecified atom stereocenters. The fourth-order valence-electron chi connectivity index (χ4n) is 2.75. The number of oxazole rings is 1. The van der Waals surface area contributed by atoms with Gasteiger partial charge in [-0.05, 0) is 18.2 Å². The summed E-state index contributed by atoms with van der Waals surface area (Å²) >= 11 is 0. The third kappa shape index (κ3) is 2.76. The van der Waals surface area contributed by atoms with E-state index in [9.17, 15) is 4.79 Å². The maximum Gasteiger partial charge on any atom is 0.276 e. The lowest BCUT2D eigenvalue weighted by atomic mass is 10.2. The highest BCUT2D eigenvalue weighted by Gasteiger charge is 2.23. The molecular formula is C19H16N2O3. The number of fused-ring (bicyclic) bond motifs is 1. The van der Waals surface area contributed by atoms with E-state index >= 15 is 0 Å². The van der Waals surface area contributed by atoms with Crippen LogP contribution in [-0.4, -0.2) is 28.9 Å². The van der Waals surface area contributed by atoms with Gasteiger partial charge in [0, 0.05) is 17.7 Å². The number of benzene rings is 2. The molecule has 0 atom stereocenters. The van der Waals surface area contributed by atoms with Crippen LogP contribution in [0.3, 0.4) is 0 Å². The SMILES string of the molecule is O=C(c1coc(-c2ccccc2)n1)N1CCOc2ccccc2C1. The van der Waals surface area contributed by atoms with Crippen molar-refractivity contribution < 1.29 is 13.9 Å². The second kappa shape index (κ2) is 6.20. The molecule has 2 aromatic carbocycles. The molecule has 0 N–H and O–H groups in total. The van der Waals surface area contributed by atoms with Crippen molar-refractivity contribution in [2.45, 2.75) is 6.54 Å². The molecule has 120 valence electrons. The number of amides is 1. The Morgan fingerprint density at radius 2 is 1.83 bits per heavy atom. The molecule has 0 aliphatic carbocycles. The molecule has 4 rings (SSSR count). The summed E-state index contributed by atoms with van der Waals surface area (Å²) in [4.78, 5) is 18.8. The first kappa shape index (κ1) is 14.5. The monoisotopic (exact) mass is 320 g/mol. The zero-order valence-electron chi connectivity index (χ0n) is 13.0. The number of rotatable bonds is 2. The lowest BCUT2D eigenvalue weighted by molar-refractivity contribution is 0.0727. The molecule has 1 amide bonds. The Bertz CT molecular complexity index is 858. The second-order valence-corrected chi connectivity index (χ2v) is 5.59. The molecule has 1 aliphatic heterocycles. The smallest absolute Gasteiger partial charge is 0.276 e. The van der Waals surface area contributed by atoms with E-state index in [1.165, 1.54) is 6.26 Å². The van der Waals surface area contributed by atoms with Crippen LogP contribution in [-0.2, 0) is 6.54 Å². The third-order valence-corrected chi connectivity index (χ3v) is 3.98.